The smallest absolute Gasteiger partial charge is 0.139 e. The molecule has 85 valence electrons. The molecule has 3 heteroatoms. The van der Waals surface area contributed by atoms with Gasteiger partial charge in [0.15, 0.2) is 0 Å². The third-order valence-corrected chi connectivity index (χ3v) is 5.40. The second kappa shape index (κ2) is 9.68. The summed E-state index contributed by atoms with van der Waals surface area (Å²) in [6.45, 7) is 10.1. The molecule has 0 aromatic heterocycles. The molecule has 0 aromatic rings. The van der Waals surface area contributed by atoms with Crippen LogP contribution in [0.3, 0.4) is 0 Å². The van der Waals surface area contributed by atoms with E-state index in [1.165, 1.54) is 24.9 Å². The Morgan fingerprint density at radius 2 is 1.29 bits per heavy atom. The van der Waals surface area contributed by atoms with Gasteiger partial charge in [-0.3, -0.25) is 0 Å². The van der Waals surface area contributed by atoms with E-state index in [4.69, 9.17) is 9.47 Å². The summed E-state index contributed by atoms with van der Waals surface area (Å²) in [4.78, 5) is 0. The second-order valence-electron chi connectivity index (χ2n) is 3.40. The standard InChI is InChI=1S/C11H25O2Si/c1-5-9-14(10-6-2)11(12-7-3)13-8-4/h11H,5-10H2,1-4H3. The van der Waals surface area contributed by atoms with E-state index >= 15 is 0 Å². The molecule has 0 N–H and O–H groups in total. The summed E-state index contributed by atoms with van der Waals surface area (Å²) in [5.41, 5.74) is 0. The molecule has 0 saturated heterocycles. The van der Waals surface area contributed by atoms with E-state index < -0.39 is 8.80 Å². The Morgan fingerprint density at radius 1 is 0.857 bits per heavy atom. The number of rotatable bonds is 9. The van der Waals surface area contributed by atoms with Crippen LogP contribution in [0, 0.1) is 0 Å². The third kappa shape index (κ3) is 5.78. The molecule has 14 heavy (non-hydrogen) atoms. The maximum Gasteiger partial charge on any atom is 0.139 e. The van der Waals surface area contributed by atoms with Crippen LogP contribution in [0.2, 0.25) is 12.1 Å². The summed E-state index contributed by atoms with van der Waals surface area (Å²) >= 11 is 0. The number of ether oxygens (including phenoxy) is 2. The van der Waals surface area contributed by atoms with Gasteiger partial charge in [-0.25, -0.2) is 0 Å². The molecule has 1 radical (unpaired) electrons. The first-order valence-corrected chi connectivity index (χ1v) is 7.86. The Kier molecular flexibility index (Phi) is 9.78. The highest BCUT2D eigenvalue weighted by Crippen LogP contribution is 2.14. The monoisotopic (exact) mass is 217 g/mol. The van der Waals surface area contributed by atoms with Gasteiger partial charge < -0.3 is 9.47 Å². The zero-order valence-corrected chi connectivity index (χ0v) is 11.1. The molecule has 0 bridgehead atoms. The minimum atomic E-state index is -0.454. The fraction of sp³-hybridized carbons (Fsp3) is 1.00. The maximum atomic E-state index is 5.67. The van der Waals surface area contributed by atoms with Gasteiger partial charge in [0.2, 0.25) is 0 Å². The first-order valence-electron chi connectivity index (χ1n) is 5.87. The highest BCUT2D eigenvalue weighted by Gasteiger charge is 2.22. The topological polar surface area (TPSA) is 18.5 Å². The zero-order chi connectivity index (χ0) is 10.8. The van der Waals surface area contributed by atoms with Gasteiger partial charge in [0.05, 0.1) is 0 Å². The second-order valence-corrected chi connectivity index (χ2v) is 6.19. The fourth-order valence-corrected chi connectivity index (χ4v) is 4.40. The lowest BCUT2D eigenvalue weighted by atomic mass is 10.6. The van der Waals surface area contributed by atoms with Crippen molar-refractivity contribution in [3.8, 4) is 0 Å². The molecule has 0 spiro atoms. The maximum absolute atomic E-state index is 5.67. The van der Waals surface area contributed by atoms with Crippen molar-refractivity contribution in [3.05, 3.63) is 0 Å². The van der Waals surface area contributed by atoms with Crippen molar-refractivity contribution in [2.75, 3.05) is 13.2 Å². The van der Waals surface area contributed by atoms with Crippen molar-refractivity contribution in [2.45, 2.75) is 58.5 Å². The summed E-state index contributed by atoms with van der Waals surface area (Å²) < 4.78 is 11.3. The Hall–Kier alpha value is 0.137. The van der Waals surface area contributed by atoms with E-state index in [0.717, 1.165) is 13.2 Å². The van der Waals surface area contributed by atoms with Crippen LogP contribution in [0.4, 0.5) is 0 Å². The lowest BCUT2D eigenvalue weighted by Gasteiger charge is -2.24. The predicted octanol–water partition coefficient (Wildman–Crippen LogP) is 3.24. The van der Waals surface area contributed by atoms with Crippen LogP contribution in [0.1, 0.15) is 40.5 Å². The van der Waals surface area contributed by atoms with Gasteiger partial charge >= 0.3 is 0 Å². The molecule has 0 aliphatic heterocycles. The van der Waals surface area contributed by atoms with Crippen molar-refractivity contribution in [2.24, 2.45) is 0 Å². The van der Waals surface area contributed by atoms with Crippen molar-refractivity contribution in [1.82, 2.24) is 0 Å². The van der Waals surface area contributed by atoms with E-state index in [9.17, 15) is 0 Å². The normalized spacial score (nSPS) is 11.6. The highest BCUT2D eigenvalue weighted by atomic mass is 28.3. The number of hydrogen-bond donors (Lipinski definition) is 0. The molecule has 0 fully saturated rings. The van der Waals surface area contributed by atoms with Gasteiger partial charge in [-0.1, -0.05) is 38.8 Å². The summed E-state index contributed by atoms with van der Waals surface area (Å²) in [5, 5.41) is 0. The van der Waals surface area contributed by atoms with Crippen LogP contribution in [0.15, 0.2) is 0 Å². The lowest BCUT2D eigenvalue weighted by Crippen LogP contribution is -2.35. The SMILES string of the molecule is CCC[Si](CCC)C(OCC)OCC. The van der Waals surface area contributed by atoms with E-state index in [1.807, 2.05) is 13.8 Å². The Morgan fingerprint density at radius 3 is 1.57 bits per heavy atom. The molecule has 0 heterocycles. The minimum absolute atomic E-state index is 0.120. The van der Waals surface area contributed by atoms with Crippen molar-refractivity contribution in [3.63, 3.8) is 0 Å². The summed E-state index contributed by atoms with van der Waals surface area (Å²) in [6.07, 6.45) is 2.51. The molecule has 0 aliphatic rings. The number of hydrogen-bond acceptors (Lipinski definition) is 2. The first kappa shape index (κ1) is 14.1. The molecule has 0 rings (SSSR count). The van der Waals surface area contributed by atoms with Crippen LogP contribution in [0.5, 0.6) is 0 Å². The third-order valence-electron chi connectivity index (χ3n) is 2.11. The Labute approximate surface area is 90.6 Å². The molecule has 0 atom stereocenters. The van der Waals surface area contributed by atoms with Crippen LogP contribution >= 0.6 is 0 Å². The van der Waals surface area contributed by atoms with Crippen LogP contribution in [0.25, 0.3) is 0 Å². The minimum Gasteiger partial charge on any atom is -0.357 e. The van der Waals surface area contributed by atoms with Gasteiger partial charge in [0.25, 0.3) is 0 Å². The molecular formula is C11H25O2Si. The predicted molar refractivity (Wildman–Crippen MR) is 63.0 cm³/mol. The van der Waals surface area contributed by atoms with Crippen LogP contribution in [-0.2, 0) is 9.47 Å². The fourth-order valence-electron chi connectivity index (χ4n) is 1.59. The highest BCUT2D eigenvalue weighted by molar-refractivity contribution is 6.59. The van der Waals surface area contributed by atoms with Gasteiger partial charge in [-0.2, -0.15) is 0 Å². The average Bonchev–Trinajstić information content (AvgIpc) is 2.17. The summed E-state index contributed by atoms with van der Waals surface area (Å²) in [7, 11) is -0.454. The molecular weight excluding hydrogens is 192 g/mol. The Bertz CT molecular complexity index is 93.9. The van der Waals surface area contributed by atoms with Gasteiger partial charge in [0.1, 0.15) is 14.7 Å². The summed E-state index contributed by atoms with van der Waals surface area (Å²) in [6, 6.07) is 2.62. The van der Waals surface area contributed by atoms with Crippen molar-refractivity contribution in [1.29, 1.82) is 0 Å². The molecule has 0 unspecified atom stereocenters. The largest absolute Gasteiger partial charge is 0.357 e. The van der Waals surface area contributed by atoms with Crippen LogP contribution in [-0.4, -0.2) is 27.9 Å². The molecule has 0 amide bonds. The van der Waals surface area contributed by atoms with Gasteiger partial charge in [0, 0.05) is 13.2 Å². The lowest BCUT2D eigenvalue weighted by molar-refractivity contribution is -0.0858. The van der Waals surface area contributed by atoms with E-state index in [-0.39, 0.29) is 5.91 Å². The molecule has 0 aromatic carbocycles. The van der Waals surface area contributed by atoms with Crippen molar-refractivity contribution < 1.29 is 9.47 Å². The molecule has 2 nitrogen and oxygen atoms in total. The van der Waals surface area contributed by atoms with E-state index in [2.05, 4.69) is 13.8 Å². The summed E-state index contributed by atoms with van der Waals surface area (Å²) in [5.74, 6) is 0.120. The average molecular weight is 217 g/mol. The van der Waals surface area contributed by atoms with Crippen LogP contribution < -0.4 is 0 Å². The van der Waals surface area contributed by atoms with E-state index in [1.54, 1.807) is 0 Å². The molecule has 0 aliphatic carbocycles. The quantitative estimate of drug-likeness (QED) is 0.436. The van der Waals surface area contributed by atoms with E-state index in [0.29, 0.717) is 0 Å². The van der Waals surface area contributed by atoms with Gasteiger partial charge in [-0.05, 0) is 13.8 Å². The van der Waals surface area contributed by atoms with Crippen molar-refractivity contribution >= 4 is 8.80 Å². The zero-order valence-electron chi connectivity index (χ0n) is 10.1. The molecule has 0 saturated carbocycles. The Balaban J connectivity index is 4.06. The van der Waals surface area contributed by atoms with Gasteiger partial charge in [-0.15, -0.1) is 0 Å². The first-order chi connectivity index (χ1) is 6.79.